The highest BCUT2D eigenvalue weighted by Crippen LogP contribution is 2.37. The number of fused-ring (bicyclic) bond motifs is 1. The molecule has 0 amide bonds. The summed E-state index contributed by atoms with van der Waals surface area (Å²) >= 11 is 0. The van der Waals surface area contributed by atoms with E-state index in [0.29, 0.717) is 39.5 Å². The van der Waals surface area contributed by atoms with Crippen molar-refractivity contribution in [3.8, 4) is 33.7 Å². The van der Waals surface area contributed by atoms with Gasteiger partial charge < -0.3 is 15.5 Å². The van der Waals surface area contributed by atoms with Crippen LogP contribution in [-0.4, -0.2) is 33.3 Å². The first-order valence-electron chi connectivity index (χ1n) is 11.3. The molecule has 0 radical (unpaired) electrons. The molecule has 0 spiro atoms. The van der Waals surface area contributed by atoms with Gasteiger partial charge in [0.25, 0.3) is 0 Å². The van der Waals surface area contributed by atoms with Crippen LogP contribution in [-0.2, 0) is 0 Å². The molecule has 1 saturated heterocycles. The summed E-state index contributed by atoms with van der Waals surface area (Å²) in [5, 5.41) is 12.1. The van der Waals surface area contributed by atoms with Crippen molar-refractivity contribution in [3.63, 3.8) is 0 Å². The number of nitrogen functional groups attached to an aromatic ring is 1. The molecule has 0 saturated carbocycles. The number of pyridine rings is 2. The first-order chi connectivity index (χ1) is 16.7. The fraction of sp³-hybridized carbons (Fsp3) is 0.192. The number of furan rings is 1. The molecule has 5 heterocycles. The Bertz CT molecular complexity index is 1470. The Balaban J connectivity index is 1.46. The van der Waals surface area contributed by atoms with E-state index in [-0.39, 0.29) is 5.82 Å². The molecule has 0 unspecified atom stereocenters. The Morgan fingerprint density at radius 3 is 2.68 bits per heavy atom. The third kappa shape index (κ3) is 3.52. The second-order valence-electron chi connectivity index (χ2n) is 8.55. The maximum Gasteiger partial charge on any atom is 0.134 e. The number of H-pyrrole nitrogens is 1. The van der Waals surface area contributed by atoms with Gasteiger partial charge in [-0.3, -0.25) is 10.1 Å². The molecule has 0 bridgehead atoms. The van der Waals surface area contributed by atoms with Crippen LogP contribution in [0.3, 0.4) is 0 Å². The molecule has 7 nitrogen and oxygen atoms in total. The number of nitrogens with one attached hydrogen (secondary N) is 2. The zero-order valence-corrected chi connectivity index (χ0v) is 18.4. The van der Waals surface area contributed by atoms with Crippen LogP contribution in [0.2, 0.25) is 0 Å². The maximum atomic E-state index is 14.6. The molecule has 4 N–H and O–H groups in total. The van der Waals surface area contributed by atoms with Crippen molar-refractivity contribution >= 4 is 16.6 Å². The number of aromatic nitrogens is 4. The van der Waals surface area contributed by atoms with E-state index in [1.54, 1.807) is 18.5 Å². The number of hydrogen-bond acceptors (Lipinski definition) is 6. The number of aromatic amines is 1. The van der Waals surface area contributed by atoms with Crippen LogP contribution in [0, 0.1) is 5.82 Å². The lowest BCUT2D eigenvalue weighted by Gasteiger charge is -2.22. The summed E-state index contributed by atoms with van der Waals surface area (Å²) in [5.74, 6) is 1.07. The summed E-state index contributed by atoms with van der Waals surface area (Å²) in [6, 6.07) is 10.6. The van der Waals surface area contributed by atoms with E-state index in [9.17, 15) is 4.39 Å². The monoisotopic (exact) mass is 454 g/mol. The fourth-order valence-electron chi connectivity index (χ4n) is 4.76. The summed E-state index contributed by atoms with van der Waals surface area (Å²) in [5.41, 5.74) is 11.4. The molecule has 4 aromatic heterocycles. The van der Waals surface area contributed by atoms with Crippen LogP contribution in [0.4, 0.5) is 10.2 Å². The first-order valence-corrected chi connectivity index (χ1v) is 11.3. The SMILES string of the molecule is Nc1ncc(-c2c[nH]nc2C2CCNCC2)cc1-c1cc2c(-c3ccco3)ccc(F)c2cn1. The average molecular weight is 455 g/mol. The first kappa shape index (κ1) is 20.6. The standard InChI is InChI=1S/C26H23FN6O/c27-22-4-3-17(24-2-1-9-34-24)18-11-23(30-13-21(18)22)19-10-16(12-31-26(19)28)20-14-32-33-25(20)15-5-7-29-8-6-15/h1-4,9-15,29H,5-8H2,(H2,28,31)(H,32,33). The van der Waals surface area contributed by atoms with Crippen molar-refractivity contribution < 1.29 is 8.81 Å². The fourth-order valence-corrected chi connectivity index (χ4v) is 4.76. The van der Waals surface area contributed by atoms with Crippen LogP contribution >= 0.6 is 0 Å². The normalized spacial score (nSPS) is 14.6. The smallest absolute Gasteiger partial charge is 0.134 e. The van der Waals surface area contributed by atoms with Gasteiger partial charge in [-0.1, -0.05) is 0 Å². The Labute approximate surface area is 195 Å². The van der Waals surface area contributed by atoms with Crippen LogP contribution in [0.1, 0.15) is 24.5 Å². The van der Waals surface area contributed by atoms with Gasteiger partial charge in [0.1, 0.15) is 17.4 Å². The number of nitrogens with zero attached hydrogens (tertiary/aromatic N) is 3. The Kier molecular flexibility index (Phi) is 5.07. The Morgan fingerprint density at radius 1 is 0.971 bits per heavy atom. The number of benzene rings is 1. The molecule has 1 fully saturated rings. The van der Waals surface area contributed by atoms with E-state index < -0.39 is 0 Å². The molecular formula is C26H23FN6O. The van der Waals surface area contributed by atoms with Gasteiger partial charge in [0, 0.05) is 52.1 Å². The molecule has 1 aliphatic heterocycles. The van der Waals surface area contributed by atoms with E-state index in [4.69, 9.17) is 10.2 Å². The van der Waals surface area contributed by atoms with Gasteiger partial charge in [-0.15, -0.1) is 0 Å². The minimum absolute atomic E-state index is 0.339. The maximum absolute atomic E-state index is 14.6. The topological polar surface area (TPSA) is 106 Å². The molecule has 0 atom stereocenters. The lowest BCUT2D eigenvalue weighted by Crippen LogP contribution is -2.27. The van der Waals surface area contributed by atoms with Gasteiger partial charge in [0.05, 0.1) is 17.7 Å². The van der Waals surface area contributed by atoms with Crippen molar-refractivity contribution in [3.05, 3.63) is 72.8 Å². The lowest BCUT2D eigenvalue weighted by atomic mass is 9.90. The second kappa shape index (κ2) is 8.39. The molecule has 6 rings (SSSR count). The zero-order valence-electron chi connectivity index (χ0n) is 18.4. The Hall–Kier alpha value is -4.04. The van der Waals surface area contributed by atoms with E-state index in [1.165, 1.54) is 12.3 Å². The molecule has 5 aromatic rings. The number of piperidine rings is 1. The van der Waals surface area contributed by atoms with Gasteiger partial charge in [-0.2, -0.15) is 5.10 Å². The Morgan fingerprint density at radius 2 is 1.85 bits per heavy atom. The molecule has 0 aliphatic carbocycles. The lowest BCUT2D eigenvalue weighted by molar-refractivity contribution is 0.453. The largest absolute Gasteiger partial charge is 0.464 e. The number of rotatable bonds is 4. The predicted molar refractivity (Wildman–Crippen MR) is 129 cm³/mol. The highest BCUT2D eigenvalue weighted by Gasteiger charge is 2.22. The molecule has 1 aliphatic rings. The highest BCUT2D eigenvalue weighted by molar-refractivity contribution is 5.98. The van der Waals surface area contributed by atoms with Crippen molar-refractivity contribution in [2.45, 2.75) is 18.8 Å². The van der Waals surface area contributed by atoms with E-state index in [1.807, 2.05) is 30.5 Å². The van der Waals surface area contributed by atoms with Crippen molar-refractivity contribution in [1.82, 2.24) is 25.5 Å². The molecule has 170 valence electrons. The van der Waals surface area contributed by atoms with Crippen molar-refractivity contribution in [1.29, 1.82) is 0 Å². The second-order valence-corrected chi connectivity index (χ2v) is 8.55. The summed E-state index contributed by atoms with van der Waals surface area (Å²) in [6.07, 6.45) is 8.90. The summed E-state index contributed by atoms with van der Waals surface area (Å²) < 4.78 is 20.2. The molecule has 1 aromatic carbocycles. The van der Waals surface area contributed by atoms with Gasteiger partial charge >= 0.3 is 0 Å². The third-order valence-electron chi connectivity index (χ3n) is 6.54. The highest BCUT2D eigenvalue weighted by atomic mass is 19.1. The average Bonchev–Trinajstić information content (AvgIpc) is 3.58. The minimum Gasteiger partial charge on any atom is -0.464 e. The number of anilines is 1. The van der Waals surface area contributed by atoms with E-state index >= 15 is 0 Å². The number of halogens is 1. The zero-order chi connectivity index (χ0) is 23.1. The quantitative estimate of drug-likeness (QED) is 0.347. The molecular weight excluding hydrogens is 431 g/mol. The predicted octanol–water partition coefficient (Wildman–Crippen LogP) is 5.14. The number of nitrogens with two attached hydrogens (primary N) is 1. The molecule has 34 heavy (non-hydrogen) atoms. The van der Waals surface area contributed by atoms with Crippen LogP contribution in [0.5, 0.6) is 0 Å². The summed E-state index contributed by atoms with van der Waals surface area (Å²) in [4.78, 5) is 8.99. The minimum atomic E-state index is -0.339. The van der Waals surface area contributed by atoms with Crippen LogP contribution < -0.4 is 11.1 Å². The summed E-state index contributed by atoms with van der Waals surface area (Å²) in [7, 11) is 0. The van der Waals surface area contributed by atoms with E-state index in [2.05, 4.69) is 25.5 Å². The van der Waals surface area contributed by atoms with Gasteiger partial charge in [-0.05, 0) is 67.7 Å². The van der Waals surface area contributed by atoms with Crippen LogP contribution in [0.25, 0.3) is 44.5 Å². The van der Waals surface area contributed by atoms with Gasteiger partial charge in [0.15, 0.2) is 0 Å². The van der Waals surface area contributed by atoms with Gasteiger partial charge in [-0.25, -0.2) is 9.37 Å². The summed E-state index contributed by atoms with van der Waals surface area (Å²) in [6.45, 7) is 1.97. The molecule has 8 heteroatoms. The van der Waals surface area contributed by atoms with Gasteiger partial charge in [0.2, 0.25) is 0 Å². The number of hydrogen-bond donors (Lipinski definition) is 3. The van der Waals surface area contributed by atoms with Crippen molar-refractivity contribution in [2.75, 3.05) is 18.8 Å². The van der Waals surface area contributed by atoms with E-state index in [0.717, 1.165) is 48.3 Å². The van der Waals surface area contributed by atoms with Crippen molar-refractivity contribution in [2.24, 2.45) is 0 Å². The third-order valence-corrected chi connectivity index (χ3v) is 6.54. The van der Waals surface area contributed by atoms with Crippen LogP contribution in [0.15, 0.2) is 65.7 Å².